The largest absolute Gasteiger partial charge is 0.477 e. The second kappa shape index (κ2) is 6.28. The first kappa shape index (κ1) is 15.5. The van der Waals surface area contributed by atoms with Crippen LogP contribution in [0.4, 0.5) is 5.69 Å². The minimum atomic E-state index is -3.77. The first-order valence-corrected chi connectivity index (χ1v) is 8.73. The van der Waals surface area contributed by atoms with Gasteiger partial charge in [0.2, 0.25) is 0 Å². The Morgan fingerprint density at radius 3 is 2.67 bits per heavy atom. The van der Waals surface area contributed by atoms with Gasteiger partial charge in [0.1, 0.15) is 4.88 Å². The molecule has 0 unspecified atom stereocenters. The molecule has 1 aromatic heterocycles. The molecule has 7 heteroatoms. The van der Waals surface area contributed by atoms with Crippen LogP contribution in [0.3, 0.4) is 0 Å². The first-order valence-electron chi connectivity index (χ1n) is 6.36. The number of hydrogen-bond donors (Lipinski definition) is 2. The Labute approximate surface area is 127 Å². The maximum Gasteiger partial charge on any atom is 0.345 e. The summed E-state index contributed by atoms with van der Waals surface area (Å²) in [7, 11) is -3.77. The van der Waals surface area contributed by atoms with Crippen LogP contribution in [0.2, 0.25) is 0 Å². The summed E-state index contributed by atoms with van der Waals surface area (Å²) in [4.78, 5) is 10.8. The van der Waals surface area contributed by atoms with Crippen LogP contribution in [0.1, 0.15) is 28.6 Å². The summed E-state index contributed by atoms with van der Waals surface area (Å²) in [5.74, 6) is -1.13. The van der Waals surface area contributed by atoms with Crippen molar-refractivity contribution in [3.8, 4) is 0 Å². The lowest BCUT2D eigenvalue weighted by molar-refractivity contribution is 0.0702. The number of benzene rings is 1. The van der Waals surface area contributed by atoms with Gasteiger partial charge in [0.25, 0.3) is 10.0 Å². The van der Waals surface area contributed by atoms with E-state index in [4.69, 9.17) is 5.11 Å². The van der Waals surface area contributed by atoms with E-state index in [1.807, 2.05) is 19.1 Å². The molecule has 1 aromatic carbocycles. The van der Waals surface area contributed by atoms with Crippen molar-refractivity contribution in [3.05, 3.63) is 46.2 Å². The number of thiophene rings is 1. The van der Waals surface area contributed by atoms with Crippen LogP contribution in [-0.2, 0) is 16.4 Å². The van der Waals surface area contributed by atoms with Gasteiger partial charge in [0.05, 0.1) is 10.6 Å². The van der Waals surface area contributed by atoms with Gasteiger partial charge in [0, 0.05) is 5.38 Å². The molecule has 21 heavy (non-hydrogen) atoms. The van der Waals surface area contributed by atoms with E-state index in [0.717, 1.165) is 35.8 Å². The Hall–Kier alpha value is -1.86. The molecule has 0 spiro atoms. The molecule has 0 radical (unpaired) electrons. The molecule has 2 N–H and O–H groups in total. The van der Waals surface area contributed by atoms with E-state index >= 15 is 0 Å². The summed E-state index contributed by atoms with van der Waals surface area (Å²) in [5, 5.41) is 10.2. The maximum atomic E-state index is 12.3. The summed E-state index contributed by atoms with van der Waals surface area (Å²) in [6, 6.07) is 8.35. The highest BCUT2D eigenvalue weighted by Gasteiger charge is 2.19. The van der Waals surface area contributed by atoms with Crippen LogP contribution < -0.4 is 4.72 Å². The van der Waals surface area contributed by atoms with Crippen molar-refractivity contribution in [1.29, 1.82) is 0 Å². The molecule has 0 fully saturated rings. The van der Waals surface area contributed by atoms with E-state index in [1.54, 1.807) is 12.1 Å². The summed E-state index contributed by atoms with van der Waals surface area (Å²) >= 11 is 0.891. The Bertz CT molecular complexity index is 750. The maximum absolute atomic E-state index is 12.3. The fourth-order valence-corrected chi connectivity index (χ4v) is 4.09. The lowest BCUT2D eigenvalue weighted by Crippen LogP contribution is -2.13. The zero-order valence-corrected chi connectivity index (χ0v) is 13.0. The topological polar surface area (TPSA) is 83.5 Å². The molecule has 112 valence electrons. The van der Waals surface area contributed by atoms with Crippen molar-refractivity contribution in [2.24, 2.45) is 0 Å². The van der Waals surface area contributed by atoms with E-state index in [1.165, 1.54) is 5.38 Å². The van der Waals surface area contributed by atoms with E-state index in [0.29, 0.717) is 5.69 Å². The first-order chi connectivity index (χ1) is 9.94. The molecule has 0 aliphatic carbocycles. The zero-order chi connectivity index (χ0) is 15.5. The van der Waals surface area contributed by atoms with Gasteiger partial charge in [-0.25, -0.2) is 13.2 Å². The number of carboxylic acid groups (broad SMARTS) is 1. The summed E-state index contributed by atoms with van der Waals surface area (Å²) in [5.41, 5.74) is 1.44. The molecule has 0 bridgehead atoms. The van der Waals surface area contributed by atoms with Gasteiger partial charge >= 0.3 is 5.97 Å². The van der Waals surface area contributed by atoms with E-state index in [-0.39, 0.29) is 9.77 Å². The Balaban J connectivity index is 2.30. The second-order valence-corrected chi connectivity index (χ2v) is 7.06. The molecule has 0 aliphatic rings. The number of carboxylic acids is 1. The average molecular weight is 325 g/mol. The number of sulfonamides is 1. The predicted molar refractivity (Wildman–Crippen MR) is 82.5 cm³/mol. The molecule has 0 saturated carbocycles. The van der Waals surface area contributed by atoms with Crippen LogP contribution in [0.15, 0.2) is 40.6 Å². The average Bonchev–Trinajstić information content (AvgIpc) is 2.92. The van der Waals surface area contributed by atoms with Gasteiger partial charge < -0.3 is 5.11 Å². The summed E-state index contributed by atoms with van der Waals surface area (Å²) in [6.07, 6.45) is 1.67. The normalized spacial score (nSPS) is 11.3. The highest BCUT2D eigenvalue weighted by molar-refractivity contribution is 7.92. The van der Waals surface area contributed by atoms with Crippen LogP contribution in [-0.4, -0.2) is 19.5 Å². The van der Waals surface area contributed by atoms with Crippen molar-refractivity contribution >= 4 is 33.0 Å². The number of carbonyl (C=O) groups is 1. The number of rotatable bonds is 6. The fourth-order valence-electron chi connectivity index (χ4n) is 1.88. The van der Waals surface area contributed by atoms with Crippen LogP contribution >= 0.6 is 11.3 Å². The number of anilines is 1. The van der Waals surface area contributed by atoms with E-state index < -0.39 is 16.0 Å². The Morgan fingerprint density at radius 2 is 2.05 bits per heavy atom. The highest BCUT2D eigenvalue weighted by Crippen LogP contribution is 2.24. The van der Waals surface area contributed by atoms with E-state index in [9.17, 15) is 13.2 Å². The molecular weight excluding hydrogens is 310 g/mol. The molecule has 0 aliphatic heterocycles. The van der Waals surface area contributed by atoms with Gasteiger partial charge in [-0.05, 0) is 24.1 Å². The fraction of sp³-hybridized carbons (Fsp3) is 0.214. The molecular formula is C14H15NO4S2. The Morgan fingerprint density at radius 1 is 1.33 bits per heavy atom. The van der Waals surface area contributed by atoms with Crippen molar-refractivity contribution in [2.75, 3.05) is 4.72 Å². The number of aromatic carboxylic acids is 1. The number of nitrogens with one attached hydrogen (secondary N) is 1. The minimum Gasteiger partial charge on any atom is -0.477 e. The van der Waals surface area contributed by atoms with Crippen molar-refractivity contribution in [3.63, 3.8) is 0 Å². The van der Waals surface area contributed by atoms with Gasteiger partial charge in [-0.2, -0.15) is 0 Å². The SMILES string of the molecule is CCCc1ccccc1NS(=O)(=O)c1csc(C(=O)O)c1. The van der Waals surface area contributed by atoms with Gasteiger partial charge in [0.15, 0.2) is 0 Å². The van der Waals surface area contributed by atoms with Crippen molar-refractivity contribution in [2.45, 2.75) is 24.7 Å². The Kier molecular flexibility index (Phi) is 4.64. The van der Waals surface area contributed by atoms with Gasteiger partial charge in [-0.1, -0.05) is 31.5 Å². The van der Waals surface area contributed by atoms with Crippen LogP contribution in [0.25, 0.3) is 0 Å². The van der Waals surface area contributed by atoms with Crippen molar-refractivity contribution < 1.29 is 18.3 Å². The lowest BCUT2D eigenvalue weighted by Gasteiger charge is -2.11. The van der Waals surface area contributed by atoms with Crippen LogP contribution in [0.5, 0.6) is 0 Å². The van der Waals surface area contributed by atoms with Gasteiger partial charge in [-0.3, -0.25) is 4.72 Å². The smallest absolute Gasteiger partial charge is 0.345 e. The number of aryl methyl sites for hydroxylation is 1. The third-order valence-corrected chi connectivity index (χ3v) is 5.29. The lowest BCUT2D eigenvalue weighted by atomic mass is 10.1. The third kappa shape index (κ3) is 3.62. The summed E-state index contributed by atoms with van der Waals surface area (Å²) < 4.78 is 27.1. The molecule has 2 rings (SSSR count). The standard InChI is InChI=1S/C14H15NO4S2/c1-2-5-10-6-3-4-7-12(10)15-21(18,19)11-8-13(14(16)17)20-9-11/h3-4,6-9,15H,2,5H2,1H3,(H,16,17). The van der Waals surface area contributed by atoms with Crippen LogP contribution in [0, 0.1) is 0 Å². The molecule has 0 saturated heterocycles. The predicted octanol–water partition coefficient (Wildman–Crippen LogP) is 3.20. The zero-order valence-electron chi connectivity index (χ0n) is 11.4. The van der Waals surface area contributed by atoms with E-state index in [2.05, 4.69) is 4.72 Å². The quantitative estimate of drug-likeness (QED) is 0.854. The minimum absolute atomic E-state index is 0.00258. The number of hydrogen-bond acceptors (Lipinski definition) is 4. The third-order valence-electron chi connectivity index (χ3n) is 2.88. The second-order valence-electron chi connectivity index (χ2n) is 4.46. The van der Waals surface area contributed by atoms with Gasteiger partial charge in [-0.15, -0.1) is 11.3 Å². The number of para-hydroxylation sites is 1. The molecule has 1 heterocycles. The highest BCUT2D eigenvalue weighted by atomic mass is 32.2. The molecule has 5 nitrogen and oxygen atoms in total. The molecule has 0 atom stereocenters. The molecule has 0 amide bonds. The molecule has 2 aromatic rings. The monoisotopic (exact) mass is 325 g/mol. The summed E-state index contributed by atoms with van der Waals surface area (Å²) in [6.45, 7) is 2.02. The van der Waals surface area contributed by atoms with Crippen molar-refractivity contribution in [1.82, 2.24) is 0 Å².